The van der Waals surface area contributed by atoms with Gasteiger partial charge in [0.05, 0.1) is 22.4 Å². The lowest BCUT2D eigenvalue weighted by Gasteiger charge is -2.11. The molecule has 5 rings (SSSR count). The van der Waals surface area contributed by atoms with Crippen molar-refractivity contribution in [3.63, 3.8) is 0 Å². The van der Waals surface area contributed by atoms with Crippen LogP contribution < -0.4 is 28.3 Å². The second-order valence-electron chi connectivity index (χ2n) is 11.8. The number of pyridine rings is 1. The number of rotatable bonds is 15. The summed E-state index contributed by atoms with van der Waals surface area (Å²) in [6.07, 6.45) is 5.55. The van der Waals surface area contributed by atoms with Crippen molar-refractivity contribution in [1.29, 1.82) is 5.41 Å². The van der Waals surface area contributed by atoms with E-state index >= 15 is 0 Å². The number of carbonyl (C=O) groups excluding carboxylic acids is 1. The molecule has 265 valence electrons. The standard InChI is InChI=1S/C27H33N7O.C10H13N3O2.B/c1-2-23-33-24-25(20-9-3-4-10-21(20)32-26(24)30)34(23)17-6-5-16-31-27(35)19-14-12-18(13-15-19)8-7-11-22(28)29;11-10(12)13-6-5-7-1-3-8(4-2-7)9(14)15;/h3-4,9-10,12-15H,2,5-8,11,16-17H2,1H3,(H3,28,29)(H2,30,32)(H,31,35);1-4H,5-6H2,(H,14,15)(H4,11,12,13);. The number of amides is 1. The molecule has 51 heavy (non-hydrogen) atoms. The molecule has 0 saturated carbocycles. The molecule has 5 aromatic rings. The number of carbonyl (C=O) groups is 2. The maximum absolute atomic E-state index is 12.5. The van der Waals surface area contributed by atoms with Gasteiger partial charge in [-0.2, -0.15) is 0 Å². The van der Waals surface area contributed by atoms with E-state index in [4.69, 9.17) is 38.4 Å². The number of aliphatic imine (C=N–C) groups is 1. The van der Waals surface area contributed by atoms with Crippen LogP contribution in [0.3, 0.4) is 0 Å². The Morgan fingerprint density at radius 3 is 2.16 bits per heavy atom. The summed E-state index contributed by atoms with van der Waals surface area (Å²) >= 11 is 0. The number of para-hydroxylation sites is 1. The quantitative estimate of drug-likeness (QED) is 0.0363. The van der Waals surface area contributed by atoms with E-state index in [2.05, 4.69) is 32.9 Å². The first kappa shape index (κ1) is 39.5. The number of aromatic nitrogens is 3. The van der Waals surface area contributed by atoms with Crippen LogP contribution in [0, 0.1) is 5.41 Å². The van der Waals surface area contributed by atoms with Crippen LogP contribution >= 0.6 is 0 Å². The summed E-state index contributed by atoms with van der Waals surface area (Å²) in [6.45, 7) is 4.02. The number of nitrogens with one attached hydrogen (secondary N) is 2. The zero-order valence-electron chi connectivity index (χ0n) is 28.9. The first-order chi connectivity index (χ1) is 24.1. The number of nitrogen functional groups attached to an aromatic ring is 1. The second kappa shape index (κ2) is 19.3. The third-order valence-electron chi connectivity index (χ3n) is 8.12. The van der Waals surface area contributed by atoms with Gasteiger partial charge < -0.3 is 37.9 Å². The lowest BCUT2D eigenvalue weighted by atomic mass is 10.1. The number of carboxylic acid groups (broad SMARTS) is 1. The third-order valence-corrected chi connectivity index (χ3v) is 8.12. The topological polar surface area (TPSA) is 237 Å². The zero-order valence-corrected chi connectivity index (χ0v) is 28.9. The van der Waals surface area contributed by atoms with Gasteiger partial charge in [0.15, 0.2) is 11.8 Å². The molecule has 0 saturated heterocycles. The molecule has 3 aromatic carbocycles. The van der Waals surface area contributed by atoms with Gasteiger partial charge in [-0.1, -0.05) is 49.4 Å². The fourth-order valence-corrected chi connectivity index (χ4v) is 5.55. The van der Waals surface area contributed by atoms with Gasteiger partial charge in [0, 0.05) is 51.8 Å². The highest BCUT2D eigenvalue weighted by Crippen LogP contribution is 2.29. The Bertz CT molecular complexity index is 1950. The average molecular weight is 690 g/mol. The number of amidine groups is 1. The van der Waals surface area contributed by atoms with E-state index in [1.54, 1.807) is 24.3 Å². The van der Waals surface area contributed by atoms with Crippen LogP contribution in [0.2, 0.25) is 0 Å². The fraction of sp³-hybridized carbons (Fsp3) is 0.297. The number of hydrogen-bond donors (Lipinski definition) is 7. The smallest absolute Gasteiger partial charge is 0.335 e. The zero-order chi connectivity index (χ0) is 36.0. The van der Waals surface area contributed by atoms with E-state index in [1.807, 2.05) is 42.5 Å². The van der Waals surface area contributed by atoms with E-state index in [-0.39, 0.29) is 31.7 Å². The third kappa shape index (κ3) is 11.3. The predicted molar refractivity (Wildman–Crippen MR) is 205 cm³/mol. The van der Waals surface area contributed by atoms with Crippen LogP contribution in [0.4, 0.5) is 5.82 Å². The minimum Gasteiger partial charge on any atom is -0.478 e. The molecule has 2 heterocycles. The van der Waals surface area contributed by atoms with Crippen molar-refractivity contribution in [2.24, 2.45) is 22.2 Å². The Labute approximate surface area is 299 Å². The molecule has 0 aliphatic carbocycles. The average Bonchev–Trinajstić information content (AvgIpc) is 3.48. The van der Waals surface area contributed by atoms with Gasteiger partial charge in [-0.25, -0.2) is 14.8 Å². The molecule has 2 aromatic heterocycles. The molecular formula is C37H46BN10O3. The van der Waals surface area contributed by atoms with E-state index in [0.717, 1.165) is 77.5 Å². The van der Waals surface area contributed by atoms with Crippen LogP contribution in [0.5, 0.6) is 0 Å². The second-order valence-corrected chi connectivity index (χ2v) is 11.8. The molecule has 0 aliphatic rings. The molecule has 0 bridgehead atoms. The Hall–Kier alpha value is -5.92. The van der Waals surface area contributed by atoms with Crippen LogP contribution in [-0.4, -0.2) is 64.8 Å². The Kier molecular flexibility index (Phi) is 15.0. The van der Waals surface area contributed by atoms with Crippen molar-refractivity contribution in [3.05, 3.63) is 101 Å². The Balaban J connectivity index is 0.000000370. The molecule has 0 aliphatic heterocycles. The highest BCUT2D eigenvalue weighted by Gasteiger charge is 2.16. The monoisotopic (exact) mass is 689 g/mol. The number of hydrogen-bond acceptors (Lipinski definition) is 7. The molecule has 0 atom stereocenters. The number of guanidine groups is 1. The van der Waals surface area contributed by atoms with E-state index in [1.165, 1.54) is 0 Å². The lowest BCUT2D eigenvalue weighted by Crippen LogP contribution is -2.24. The lowest BCUT2D eigenvalue weighted by molar-refractivity contribution is 0.0696. The van der Waals surface area contributed by atoms with Gasteiger partial charge >= 0.3 is 5.97 Å². The summed E-state index contributed by atoms with van der Waals surface area (Å²) in [5, 5.41) is 20.0. The highest BCUT2D eigenvalue weighted by atomic mass is 16.4. The van der Waals surface area contributed by atoms with E-state index < -0.39 is 5.97 Å². The number of benzene rings is 3. The van der Waals surface area contributed by atoms with Gasteiger partial charge in [-0.05, 0) is 73.6 Å². The van der Waals surface area contributed by atoms with Gasteiger partial charge in [-0.15, -0.1) is 0 Å². The molecule has 3 radical (unpaired) electrons. The number of unbranched alkanes of at least 4 members (excludes halogenated alkanes) is 1. The molecule has 0 unspecified atom stereocenters. The minimum atomic E-state index is -0.925. The largest absolute Gasteiger partial charge is 0.478 e. The summed E-state index contributed by atoms with van der Waals surface area (Å²) in [5.74, 6) is 0.750. The molecule has 1 amide bonds. The molecule has 0 fully saturated rings. The van der Waals surface area contributed by atoms with Crippen LogP contribution in [0.15, 0.2) is 77.8 Å². The van der Waals surface area contributed by atoms with Crippen molar-refractivity contribution >= 4 is 59.8 Å². The Morgan fingerprint density at radius 1 is 0.882 bits per heavy atom. The summed E-state index contributed by atoms with van der Waals surface area (Å²) in [5.41, 5.74) is 27.7. The molecule has 11 N–H and O–H groups in total. The van der Waals surface area contributed by atoms with Gasteiger partial charge in [0.1, 0.15) is 11.3 Å². The maximum atomic E-state index is 12.5. The summed E-state index contributed by atoms with van der Waals surface area (Å²) < 4.78 is 2.25. The fourth-order valence-electron chi connectivity index (χ4n) is 5.55. The molecule has 14 heteroatoms. The highest BCUT2D eigenvalue weighted by molar-refractivity contribution is 6.06. The van der Waals surface area contributed by atoms with Crippen molar-refractivity contribution in [1.82, 2.24) is 19.9 Å². The number of fused-ring (bicyclic) bond motifs is 3. The van der Waals surface area contributed by atoms with E-state index in [0.29, 0.717) is 37.3 Å². The maximum Gasteiger partial charge on any atom is 0.335 e. The number of nitrogens with two attached hydrogens (primary N) is 4. The number of nitrogens with zero attached hydrogens (tertiary/aromatic N) is 4. The summed E-state index contributed by atoms with van der Waals surface area (Å²) in [7, 11) is 0. The van der Waals surface area contributed by atoms with Crippen molar-refractivity contribution < 1.29 is 14.7 Å². The van der Waals surface area contributed by atoms with Crippen molar-refractivity contribution in [3.8, 4) is 0 Å². The molecule has 13 nitrogen and oxygen atoms in total. The summed E-state index contributed by atoms with van der Waals surface area (Å²) in [6, 6.07) is 22.3. The number of aromatic carboxylic acids is 1. The summed E-state index contributed by atoms with van der Waals surface area (Å²) in [4.78, 5) is 36.2. The molecule has 0 spiro atoms. The number of carboxylic acids is 1. The van der Waals surface area contributed by atoms with Crippen molar-refractivity contribution in [2.75, 3.05) is 18.8 Å². The van der Waals surface area contributed by atoms with Gasteiger partial charge in [0.2, 0.25) is 0 Å². The van der Waals surface area contributed by atoms with Crippen molar-refractivity contribution in [2.45, 2.75) is 58.4 Å². The molecular weight excluding hydrogens is 643 g/mol. The normalized spacial score (nSPS) is 10.5. The SMILES string of the molecule is CCc1nc2c(N)nc3ccccc3c2n1CCCCNC(=O)c1ccc(CCCC(=N)N)cc1.NC(N)=NCCc1ccc(C(=O)O)cc1.[B]. The van der Waals surface area contributed by atoms with Crippen LogP contribution in [0.25, 0.3) is 21.9 Å². The number of aryl methyl sites for hydroxylation is 3. The number of imidazole rings is 1. The minimum absolute atomic E-state index is 0. The van der Waals surface area contributed by atoms with E-state index in [9.17, 15) is 9.59 Å². The van der Waals surface area contributed by atoms with Crippen LogP contribution in [-0.2, 0) is 25.8 Å². The first-order valence-corrected chi connectivity index (χ1v) is 16.7. The number of anilines is 1. The van der Waals surface area contributed by atoms with Crippen LogP contribution in [0.1, 0.15) is 70.3 Å². The Morgan fingerprint density at radius 2 is 1.53 bits per heavy atom. The van der Waals surface area contributed by atoms with Gasteiger partial charge in [-0.3, -0.25) is 15.2 Å². The predicted octanol–water partition coefficient (Wildman–Crippen LogP) is 4.02. The van der Waals surface area contributed by atoms with Gasteiger partial charge in [0.25, 0.3) is 5.91 Å². The first-order valence-electron chi connectivity index (χ1n) is 16.7.